The first-order valence-corrected chi connectivity index (χ1v) is 14.6. The van der Waals surface area contributed by atoms with E-state index in [1.54, 1.807) is 65.7 Å². The topological polar surface area (TPSA) is 119 Å². The number of carbonyl (C=O) groups is 3. The Morgan fingerprint density at radius 1 is 0.889 bits per heavy atom. The van der Waals surface area contributed by atoms with E-state index >= 15 is 4.39 Å². The van der Waals surface area contributed by atoms with E-state index in [2.05, 4.69) is 10.6 Å². The number of fused-ring (bicyclic) bond motifs is 7. The number of aryl methyl sites for hydroxylation is 1. The normalized spacial score (nSPS) is 18.2. The molecule has 1 fully saturated rings. The number of nitrogens with zero attached hydrogens (tertiary/aromatic N) is 2. The molecule has 3 aliphatic rings. The third kappa shape index (κ3) is 7.04. The number of aromatic nitrogens is 1. The molecule has 1 aromatic heterocycles. The highest BCUT2D eigenvalue weighted by molar-refractivity contribution is 5.96. The van der Waals surface area contributed by atoms with E-state index < -0.39 is 23.9 Å². The van der Waals surface area contributed by atoms with Crippen molar-refractivity contribution in [2.75, 3.05) is 19.7 Å². The summed E-state index contributed by atoms with van der Waals surface area (Å²) in [5.41, 5.74) is 1.73. The maximum Gasteiger partial charge on any atom is 0.258 e. The highest BCUT2D eigenvalue weighted by atomic mass is 19.1. The number of rotatable bonds is 3. The number of nitrogens with one attached hydrogen (secondary N) is 2. The van der Waals surface area contributed by atoms with Crippen LogP contribution in [0.15, 0.2) is 95.9 Å². The van der Waals surface area contributed by atoms with Gasteiger partial charge in [0.25, 0.3) is 17.4 Å². The standard InChI is InChI=1S/C34H31FN4O6/c35-28-12-9-24-17-27(28)34(43)37-29-19-39(33(42)13-15-38-14-2-1-6-32(38)41)20-30(29)45-25-10-7-22(8-11-25)18-36-31(40)21-44-26-5-3-4-23(24)16-26/h1-12,14,16-17,29-30H,13,15,18-21H2,(H,36,40)(H,37,43)/t29-,30-/m0/s1. The molecule has 0 radical (unpaired) electrons. The van der Waals surface area contributed by atoms with E-state index in [0.29, 0.717) is 22.6 Å². The molecule has 0 spiro atoms. The van der Waals surface area contributed by atoms with Crippen LogP contribution in [0.2, 0.25) is 0 Å². The van der Waals surface area contributed by atoms with Crippen molar-refractivity contribution in [2.45, 2.75) is 31.7 Å². The first-order chi connectivity index (χ1) is 21.8. The van der Waals surface area contributed by atoms with Crippen molar-refractivity contribution in [1.29, 1.82) is 0 Å². The van der Waals surface area contributed by atoms with Crippen LogP contribution in [0.5, 0.6) is 11.5 Å². The largest absolute Gasteiger partial charge is 0.486 e. The molecule has 45 heavy (non-hydrogen) atoms. The first kappa shape index (κ1) is 29.6. The Kier molecular flexibility index (Phi) is 8.58. The van der Waals surface area contributed by atoms with Crippen molar-refractivity contribution in [3.8, 4) is 22.6 Å². The predicted molar refractivity (Wildman–Crippen MR) is 163 cm³/mol. The summed E-state index contributed by atoms with van der Waals surface area (Å²) in [4.78, 5) is 52.8. The molecule has 0 unspecified atom stereocenters. The second-order valence-corrected chi connectivity index (χ2v) is 10.9. The molecule has 4 heterocycles. The lowest BCUT2D eigenvalue weighted by molar-refractivity contribution is -0.130. The maximum absolute atomic E-state index is 15.0. The lowest BCUT2D eigenvalue weighted by atomic mass is 10.0. The van der Waals surface area contributed by atoms with Gasteiger partial charge in [-0.25, -0.2) is 4.39 Å². The number of benzene rings is 3. The fraction of sp³-hybridized carbons (Fsp3) is 0.235. The molecule has 0 aliphatic carbocycles. The van der Waals surface area contributed by atoms with Crippen molar-refractivity contribution in [1.82, 2.24) is 20.1 Å². The average Bonchev–Trinajstić information content (AvgIpc) is 3.44. The van der Waals surface area contributed by atoms with Crippen molar-refractivity contribution in [3.05, 3.63) is 118 Å². The van der Waals surface area contributed by atoms with Crippen LogP contribution in [0.1, 0.15) is 22.3 Å². The number of hydrogen-bond donors (Lipinski definition) is 2. The molecule has 3 aliphatic heterocycles. The van der Waals surface area contributed by atoms with Gasteiger partial charge >= 0.3 is 0 Å². The monoisotopic (exact) mass is 610 g/mol. The van der Waals surface area contributed by atoms with Gasteiger partial charge in [0, 0.05) is 38.3 Å². The maximum atomic E-state index is 15.0. The number of ether oxygens (including phenoxy) is 2. The van der Waals surface area contributed by atoms with Crippen molar-refractivity contribution < 1.29 is 28.2 Å². The number of hydrogen-bond acceptors (Lipinski definition) is 6. The second-order valence-electron chi connectivity index (χ2n) is 10.9. The molecule has 2 atom stereocenters. The summed E-state index contributed by atoms with van der Waals surface area (Å²) in [6.07, 6.45) is 1.07. The molecular weight excluding hydrogens is 579 g/mol. The minimum Gasteiger partial charge on any atom is -0.486 e. The summed E-state index contributed by atoms with van der Waals surface area (Å²) in [6, 6.07) is 22.5. The zero-order valence-corrected chi connectivity index (χ0v) is 24.3. The molecule has 7 rings (SSSR count). The first-order valence-electron chi connectivity index (χ1n) is 14.6. The van der Waals surface area contributed by atoms with Crippen molar-refractivity contribution in [2.24, 2.45) is 0 Å². The summed E-state index contributed by atoms with van der Waals surface area (Å²) >= 11 is 0. The zero-order chi connectivity index (χ0) is 31.3. The quantitative estimate of drug-likeness (QED) is 0.368. The predicted octanol–water partition coefficient (Wildman–Crippen LogP) is 3.14. The highest BCUT2D eigenvalue weighted by Crippen LogP contribution is 2.27. The van der Waals surface area contributed by atoms with Gasteiger partial charge in [0.15, 0.2) is 6.61 Å². The van der Waals surface area contributed by atoms with Crippen LogP contribution in [-0.4, -0.2) is 59.0 Å². The Balaban J connectivity index is 1.28. The minimum atomic E-state index is -0.699. The summed E-state index contributed by atoms with van der Waals surface area (Å²) in [5, 5.41) is 5.72. The van der Waals surface area contributed by atoms with Gasteiger partial charge in [0.05, 0.1) is 18.2 Å². The summed E-state index contributed by atoms with van der Waals surface area (Å²) < 4.78 is 28.4. The summed E-state index contributed by atoms with van der Waals surface area (Å²) in [7, 11) is 0. The Morgan fingerprint density at radius 2 is 1.71 bits per heavy atom. The average molecular weight is 611 g/mol. The molecule has 0 saturated carbocycles. The lowest BCUT2D eigenvalue weighted by Gasteiger charge is -2.21. The van der Waals surface area contributed by atoms with Crippen LogP contribution in [0.3, 0.4) is 0 Å². The summed E-state index contributed by atoms with van der Waals surface area (Å²) in [5.74, 6) is -0.898. The van der Waals surface area contributed by atoms with Gasteiger partial charge < -0.3 is 29.6 Å². The molecule has 6 bridgehead atoms. The Hall–Kier alpha value is -5.45. The third-order valence-electron chi connectivity index (χ3n) is 7.85. The van der Waals surface area contributed by atoms with E-state index in [4.69, 9.17) is 9.47 Å². The number of halogens is 1. The number of carbonyl (C=O) groups excluding carboxylic acids is 3. The van der Waals surface area contributed by atoms with E-state index in [-0.39, 0.29) is 62.1 Å². The third-order valence-corrected chi connectivity index (χ3v) is 7.85. The Morgan fingerprint density at radius 3 is 2.53 bits per heavy atom. The van der Waals surface area contributed by atoms with Crippen LogP contribution in [-0.2, 0) is 22.7 Å². The van der Waals surface area contributed by atoms with Crippen LogP contribution in [0.25, 0.3) is 11.1 Å². The fourth-order valence-corrected chi connectivity index (χ4v) is 5.41. The van der Waals surface area contributed by atoms with Gasteiger partial charge in [-0.15, -0.1) is 0 Å². The van der Waals surface area contributed by atoms with E-state index in [0.717, 1.165) is 5.56 Å². The Labute approximate surface area is 258 Å². The smallest absolute Gasteiger partial charge is 0.258 e. The SMILES string of the molecule is O=C1COc2cccc(c2)-c2ccc(F)c(c2)C(=O)N[C@H]2CN(C(=O)CCn3ccccc3=O)C[C@@H]2Oc2ccc(cc2)CN1. The molecule has 11 heteroatoms. The van der Waals surface area contributed by atoms with E-state index in [1.807, 2.05) is 12.1 Å². The number of amides is 3. The van der Waals surface area contributed by atoms with Crippen LogP contribution < -0.4 is 25.7 Å². The van der Waals surface area contributed by atoms with Gasteiger partial charge in [-0.05, 0) is 59.2 Å². The van der Waals surface area contributed by atoms with Crippen LogP contribution in [0, 0.1) is 5.82 Å². The van der Waals surface area contributed by atoms with Gasteiger partial charge in [0.1, 0.15) is 23.4 Å². The van der Waals surface area contributed by atoms with Crippen LogP contribution in [0.4, 0.5) is 4.39 Å². The van der Waals surface area contributed by atoms with Crippen LogP contribution >= 0.6 is 0 Å². The molecule has 230 valence electrons. The highest BCUT2D eigenvalue weighted by Gasteiger charge is 2.38. The van der Waals surface area contributed by atoms with Gasteiger partial charge in [-0.2, -0.15) is 0 Å². The molecule has 4 aromatic rings. The zero-order valence-electron chi connectivity index (χ0n) is 24.3. The lowest BCUT2D eigenvalue weighted by Crippen LogP contribution is -2.45. The van der Waals surface area contributed by atoms with E-state index in [9.17, 15) is 19.2 Å². The molecule has 2 N–H and O–H groups in total. The van der Waals surface area contributed by atoms with Crippen molar-refractivity contribution >= 4 is 17.7 Å². The summed E-state index contributed by atoms with van der Waals surface area (Å²) in [6.45, 7) is 0.627. The molecule has 1 saturated heterocycles. The van der Waals surface area contributed by atoms with Gasteiger partial charge in [-0.3, -0.25) is 19.2 Å². The minimum absolute atomic E-state index is 0.0805. The molecule has 10 nitrogen and oxygen atoms in total. The molecule has 3 aromatic carbocycles. The van der Waals surface area contributed by atoms with Gasteiger partial charge in [-0.1, -0.05) is 36.4 Å². The van der Waals surface area contributed by atoms with Gasteiger partial charge in [0.2, 0.25) is 5.91 Å². The molecule has 3 amide bonds. The number of likely N-dealkylation sites (tertiary alicyclic amines) is 1. The Bertz CT molecular complexity index is 1790. The van der Waals surface area contributed by atoms with Crippen molar-refractivity contribution in [3.63, 3.8) is 0 Å². The number of pyridine rings is 1. The second kappa shape index (κ2) is 13.0. The molecular formula is C34H31FN4O6. The van der Waals surface area contributed by atoms with E-state index in [1.165, 1.54) is 22.8 Å². The fourth-order valence-electron chi connectivity index (χ4n) is 5.41.